The molecule has 0 radical (unpaired) electrons. The van der Waals surface area contributed by atoms with Crippen LogP contribution in [0, 0.1) is 17.8 Å². The van der Waals surface area contributed by atoms with E-state index in [0.717, 1.165) is 47.0 Å². The van der Waals surface area contributed by atoms with E-state index in [9.17, 15) is 0 Å². The van der Waals surface area contributed by atoms with Gasteiger partial charge in [-0.25, -0.2) is 0 Å². The van der Waals surface area contributed by atoms with Gasteiger partial charge in [0.1, 0.15) is 11.9 Å². The summed E-state index contributed by atoms with van der Waals surface area (Å²) in [6, 6.07) is 61.4. The average molecular weight is 766 g/mol. The first-order valence-corrected chi connectivity index (χ1v) is 22.1. The Labute approximate surface area is 349 Å². The largest absolute Gasteiger partial charge is 0.483 e. The molecule has 59 heavy (non-hydrogen) atoms. The Kier molecular flexibility index (Phi) is 7.93. The third-order valence-electron chi connectivity index (χ3n) is 15.2. The van der Waals surface area contributed by atoms with Gasteiger partial charge in [-0.1, -0.05) is 147 Å². The quantitative estimate of drug-likeness (QED) is 0.160. The highest BCUT2D eigenvalue weighted by molar-refractivity contribution is 5.94. The Morgan fingerprint density at radius 2 is 1.17 bits per heavy atom. The molecule has 7 aromatic carbocycles. The fourth-order valence-corrected chi connectivity index (χ4v) is 12.8. The molecule has 0 spiro atoms. The summed E-state index contributed by atoms with van der Waals surface area (Å²) in [6.45, 7) is 4.75. The predicted octanol–water partition coefficient (Wildman–Crippen LogP) is 14.9. The van der Waals surface area contributed by atoms with E-state index in [0.29, 0.717) is 5.41 Å². The van der Waals surface area contributed by atoms with Gasteiger partial charge in [-0.05, 0) is 142 Å². The molecule has 1 atom stereocenters. The highest BCUT2D eigenvalue weighted by Crippen LogP contribution is 2.61. The normalized spacial score (nSPS) is 24.0. The van der Waals surface area contributed by atoms with Gasteiger partial charge in [0, 0.05) is 28.7 Å². The van der Waals surface area contributed by atoms with Crippen molar-refractivity contribution in [2.45, 2.75) is 75.7 Å². The summed E-state index contributed by atoms with van der Waals surface area (Å²) < 4.78 is 7.03. The maximum atomic E-state index is 7.03. The number of nitrogens with zero attached hydrogens (tertiary/aromatic N) is 1. The summed E-state index contributed by atoms with van der Waals surface area (Å²) in [5.74, 6) is 3.79. The molecule has 1 unspecified atom stereocenters. The summed E-state index contributed by atoms with van der Waals surface area (Å²) in [5, 5.41) is 0. The van der Waals surface area contributed by atoms with E-state index in [1.54, 1.807) is 5.56 Å². The third kappa shape index (κ3) is 5.66. The number of para-hydroxylation sites is 1. The molecule has 4 bridgehead atoms. The second kappa shape index (κ2) is 13.3. The monoisotopic (exact) mass is 765 g/mol. The van der Waals surface area contributed by atoms with E-state index in [2.05, 4.69) is 183 Å². The van der Waals surface area contributed by atoms with Crippen LogP contribution in [0.5, 0.6) is 5.75 Å². The number of fused-ring (bicyclic) bond motifs is 4. The maximum absolute atomic E-state index is 7.03. The van der Waals surface area contributed by atoms with Crippen LogP contribution in [0.25, 0.3) is 33.4 Å². The summed E-state index contributed by atoms with van der Waals surface area (Å²) >= 11 is 0. The Morgan fingerprint density at radius 1 is 0.508 bits per heavy atom. The molecule has 5 aliphatic carbocycles. The van der Waals surface area contributed by atoms with Gasteiger partial charge in [-0.3, -0.25) is 0 Å². The van der Waals surface area contributed by atoms with E-state index < -0.39 is 0 Å². The van der Waals surface area contributed by atoms with Crippen LogP contribution in [-0.4, -0.2) is 0 Å². The number of hydrogen-bond acceptors (Lipinski definition) is 2. The van der Waals surface area contributed by atoms with E-state index in [-0.39, 0.29) is 11.5 Å². The average Bonchev–Trinajstić information content (AvgIpc) is 3.81. The Morgan fingerprint density at radius 3 is 1.92 bits per heavy atom. The van der Waals surface area contributed by atoms with Crippen molar-refractivity contribution in [3.05, 3.63) is 192 Å². The molecule has 1 heterocycles. The van der Waals surface area contributed by atoms with E-state index in [1.807, 2.05) is 0 Å². The minimum atomic E-state index is -0.129. The van der Waals surface area contributed by atoms with Crippen LogP contribution in [0.4, 0.5) is 17.1 Å². The molecule has 4 fully saturated rings. The number of anilines is 3. The van der Waals surface area contributed by atoms with E-state index in [4.69, 9.17) is 4.74 Å². The summed E-state index contributed by atoms with van der Waals surface area (Å²) in [5.41, 5.74) is 18.0. The van der Waals surface area contributed by atoms with Crippen LogP contribution in [0.1, 0.15) is 86.3 Å². The Bertz CT molecular complexity index is 2690. The molecule has 0 aromatic heterocycles. The van der Waals surface area contributed by atoms with Crippen LogP contribution in [0.2, 0.25) is 0 Å². The van der Waals surface area contributed by atoms with Crippen molar-refractivity contribution >= 4 is 17.1 Å². The first-order chi connectivity index (χ1) is 28.9. The molecule has 0 N–H and O–H groups in total. The van der Waals surface area contributed by atoms with Crippen molar-refractivity contribution < 1.29 is 4.74 Å². The van der Waals surface area contributed by atoms with Crippen LogP contribution < -0.4 is 9.64 Å². The van der Waals surface area contributed by atoms with Gasteiger partial charge in [0.05, 0.1) is 11.4 Å². The molecular formula is C57H51NO. The fourth-order valence-electron chi connectivity index (χ4n) is 12.8. The topological polar surface area (TPSA) is 12.5 Å². The molecule has 0 amide bonds. The lowest BCUT2D eigenvalue weighted by Gasteiger charge is -2.57. The minimum absolute atomic E-state index is 0.0278. The molecule has 290 valence electrons. The van der Waals surface area contributed by atoms with Gasteiger partial charge in [-0.15, -0.1) is 0 Å². The molecule has 0 saturated heterocycles. The maximum Gasteiger partial charge on any atom is 0.147 e. The van der Waals surface area contributed by atoms with Crippen molar-refractivity contribution in [2.75, 3.05) is 4.90 Å². The Balaban J connectivity index is 1.00. The first kappa shape index (κ1) is 35.1. The van der Waals surface area contributed by atoms with Crippen molar-refractivity contribution in [3.63, 3.8) is 0 Å². The van der Waals surface area contributed by atoms with Crippen LogP contribution in [-0.2, 0) is 17.3 Å². The van der Waals surface area contributed by atoms with Gasteiger partial charge >= 0.3 is 0 Å². The molecule has 2 heteroatoms. The molecule has 2 nitrogen and oxygen atoms in total. The zero-order chi connectivity index (χ0) is 39.3. The van der Waals surface area contributed by atoms with Gasteiger partial charge in [-0.2, -0.15) is 0 Å². The van der Waals surface area contributed by atoms with Crippen molar-refractivity contribution in [1.29, 1.82) is 0 Å². The van der Waals surface area contributed by atoms with Crippen molar-refractivity contribution in [1.82, 2.24) is 0 Å². The minimum Gasteiger partial charge on any atom is -0.483 e. The summed E-state index contributed by atoms with van der Waals surface area (Å²) in [6.07, 6.45) is 9.43. The summed E-state index contributed by atoms with van der Waals surface area (Å²) in [4.78, 5) is 2.48. The molecule has 4 saturated carbocycles. The third-order valence-corrected chi connectivity index (χ3v) is 15.2. The number of ether oxygens (including phenoxy) is 1. The predicted molar refractivity (Wildman–Crippen MR) is 243 cm³/mol. The number of benzene rings is 7. The number of rotatable bonds is 7. The van der Waals surface area contributed by atoms with E-state index in [1.165, 1.54) is 94.2 Å². The highest BCUT2D eigenvalue weighted by atomic mass is 16.5. The van der Waals surface area contributed by atoms with Gasteiger partial charge in [0.2, 0.25) is 0 Å². The second-order valence-corrected chi connectivity index (χ2v) is 19.1. The van der Waals surface area contributed by atoms with Crippen LogP contribution >= 0.6 is 0 Å². The molecule has 6 aliphatic rings. The highest BCUT2D eigenvalue weighted by Gasteiger charge is 2.51. The van der Waals surface area contributed by atoms with Crippen LogP contribution in [0.15, 0.2) is 164 Å². The molecule has 1 aliphatic heterocycles. The Hall–Kier alpha value is -5.86. The first-order valence-electron chi connectivity index (χ1n) is 22.1. The van der Waals surface area contributed by atoms with E-state index >= 15 is 0 Å². The van der Waals surface area contributed by atoms with Crippen molar-refractivity contribution in [2.24, 2.45) is 17.8 Å². The van der Waals surface area contributed by atoms with Gasteiger partial charge in [0.15, 0.2) is 0 Å². The zero-order valence-corrected chi connectivity index (χ0v) is 34.2. The molecular weight excluding hydrogens is 715 g/mol. The van der Waals surface area contributed by atoms with Crippen molar-refractivity contribution in [3.8, 4) is 39.1 Å². The van der Waals surface area contributed by atoms with Gasteiger partial charge in [0.25, 0.3) is 0 Å². The zero-order valence-electron chi connectivity index (χ0n) is 34.2. The molecule has 7 aromatic rings. The fraction of sp³-hybridized carbons (Fsp3) is 0.263. The van der Waals surface area contributed by atoms with Gasteiger partial charge < -0.3 is 9.64 Å². The standard InChI is InChI=1S/C57H51NO/c1-56(2)50-18-10-9-17-47(50)48-26-25-46(33-51(48)56)58(53-19-11-16-44-32-54(59-55(44)53)42-14-7-4-8-15-42)52-27-22-43(31-49(52)41-12-5-3-6-13-41)40-20-23-45(24-21-40)57-34-37-28-38(35-57)30-39(29-37)36-57/h3-27,31,33,37-39,54H,28-30,32,34-36H2,1-2H3. The molecule has 13 rings (SSSR count). The lowest BCUT2D eigenvalue weighted by molar-refractivity contribution is -0.00518. The second-order valence-electron chi connectivity index (χ2n) is 19.1. The lowest BCUT2D eigenvalue weighted by atomic mass is 9.48. The lowest BCUT2D eigenvalue weighted by Crippen LogP contribution is -2.48. The van der Waals surface area contributed by atoms with Crippen LogP contribution in [0.3, 0.4) is 0 Å². The summed E-state index contributed by atoms with van der Waals surface area (Å²) in [7, 11) is 0. The smallest absolute Gasteiger partial charge is 0.147 e. The number of hydrogen-bond donors (Lipinski definition) is 0. The SMILES string of the molecule is CC1(C)c2ccccc2-c2ccc(N(c3ccc(-c4ccc(C56CC7CC(CC(C7)C5)C6)cc4)cc3-c3ccccc3)c3cccc4c3OC(c3ccccc3)C4)cc21.